The SMILES string of the molecule is C=CCO[C@@]12Oc3ccc(Oc4ccc(OC)c(C=O)c4)cc3[C@H]3[C@H](CCCCO)[C@@H](CCCCO)C=C(C(=NOC)C[C@@H]1N(Cc1cccc4ccccc14)C(=O)Oc1ccc([N+](=O)[O-])cc1)[C@H]32. The molecular weight excluding hydrogens is 883 g/mol. The summed E-state index contributed by atoms with van der Waals surface area (Å²) in [6.07, 6.45) is 8.09. The summed E-state index contributed by atoms with van der Waals surface area (Å²) < 4.78 is 32.6. The number of nitro benzene ring substituents is 1. The lowest BCUT2D eigenvalue weighted by atomic mass is 9.55. The first kappa shape index (κ1) is 48.4. The molecule has 2 N–H and O–H groups in total. The van der Waals surface area contributed by atoms with Crippen LogP contribution in [0.2, 0.25) is 0 Å². The normalized spacial score (nSPS) is 21.8. The number of rotatable bonds is 21. The van der Waals surface area contributed by atoms with E-state index in [-0.39, 0.29) is 62.0 Å². The Kier molecular flexibility index (Phi) is 15.4. The zero-order chi connectivity index (χ0) is 48.5. The van der Waals surface area contributed by atoms with Gasteiger partial charge in [-0.1, -0.05) is 72.6 Å². The number of amides is 1. The molecule has 6 atom stereocenters. The average molecular weight is 940 g/mol. The van der Waals surface area contributed by atoms with Gasteiger partial charge >= 0.3 is 6.09 Å². The summed E-state index contributed by atoms with van der Waals surface area (Å²) in [6, 6.07) is 28.8. The van der Waals surface area contributed by atoms with Crippen LogP contribution in [0.5, 0.6) is 28.7 Å². The first-order valence-electron chi connectivity index (χ1n) is 23.3. The number of aldehydes is 1. The highest BCUT2D eigenvalue weighted by Crippen LogP contribution is 2.62. The fourth-order valence-corrected chi connectivity index (χ4v) is 10.5. The van der Waals surface area contributed by atoms with Gasteiger partial charge in [-0.05, 0) is 108 Å². The second kappa shape index (κ2) is 21.9. The van der Waals surface area contributed by atoms with Gasteiger partial charge in [0.2, 0.25) is 5.79 Å². The Morgan fingerprint density at radius 1 is 0.928 bits per heavy atom. The van der Waals surface area contributed by atoms with E-state index < -0.39 is 28.8 Å². The Bertz CT molecular complexity index is 2720. The van der Waals surface area contributed by atoms with E-state index in [0.29, 0.717) is 66.2 Å². The van der Waals surface area contributed by atoms with E-state index >= 15 is 4.79 Å². The Balaban J connectivity index is 1.34. The van der Waals surface area contributed by atoms with Gasteiger partial charge in [0, 0.05) is 43.2 Å². The largest absolute Gasteiger partial charge is 0.496 e. The highest BCUT2D eigenvalue weighted by atomic mass is 16.7. The van der Waals surface area contributed by atoms with Gasteiger partial charge in [-0.15, -0.1) is 6.58 Å². The Morgan fingerprint density at radius 3 is 2.38 bits per heavy atom. The standard InChI is InChI=1S/C54H57N3O12/c1-4-28-66-54-50(56(33-37-15-11-14-35-12-5-6-16-43(35)37)53(61)68-40-20-18-39(19-21-40)57(62)63)32-47(55-65-3)45-30-36(13-7-9-26-58)44(17-8-10-27-59)51(52(45)54)46-31-42(23-25-49(46)69-54)67-41-22-24-48(64-2)38(29-41)34-60/h4-6,11-12,14-16,18-25,29-31,34,36,44,50-52,58-59H,1,7-10,13,17,26-28,32-33H2,2-3H3/t36-,44+,50-,51+,52+,54+/m0/s1. The number of hydrogen-bond donors (Lipinski definition) is 2. The van der Waals surface area contributed by atoms with Crippen LogP contribution < -0.4 is 18.9 Å². The number of aliphatic hydroxyl groups excluding tert-OH is 2. The van der Waals surface area contributed by atoms with Gasteiger partial charge in [0.1, 0.15) is 41.9 Å². The van der Waals surface area contributed by atoms with Crippen molar-refractivity contribution in [1.82, 2.24) is 4.90 Å². The second-order valence-corrected chi connectivity index (χ2v) is 17.5. The summed E-state index contributed by atoms with van der Waals surface area (Å²) in [4.78, 5) is 45.5. The minimum Gasteiger partial charge on any atom is -0.496 e. The van der Waals surface area contributed by atoms with Crippen LogP contribution in [0, 0.1) is 27.9 Å². The van der Waals surface area contributed by atoms with Gasteiger partial charge in [-0.25, -0.2) is 4.79 Å². The number of nitrogens with zero attached hydrogens (tertiary/aromatic N) is 3. The van der Waals surface area contributed by atoms with Crippen molar-refractivity contribution in [2.24, 2.45) is 22.9 Å². The highest BCUT2D eigenvalue weighted by molar-refractivity contribution is 6.03. The van der Waals surface area contributed by atoms with Crippen molar-refractivity contribution in [2.45, 2.75) is 69.2 Å². The fraction of sp³-hybridized carbons (Fsp3) is 0.352. The monoisotopic (exact) mass is 939 g/mol. The van der Waals surface area contributed by atoms with Crippen LogP contribution >= 0.6 is 0 Å². The molecule has 0 bridgehead atoms. The molecule has 0 unspecified atom stereocenters. The third-order valence-corrected chi connectivity index (χ3v) is 13.5. The molecule has 0 spiro atoms. The minimum atomic E-state index is -1.62. The number of methoxy groups -OCH3 is 1. The first-order valence-corrected chi connectivity index (χ1v) is 23.3. The van der Waals surface area contributed by atoms with E-state index in [9.17, 15) is 25.1 Å². The number of benzene rings is 5. The molecule has 15 heteroatoms. The van der Waals surface area contributed by atoms with E-state index in [1.54, 1.807) is 35.2 Å². The molecule has 1 heterocycles. The zero-order valence-corrected chi connectivity index (χ0v) is 38.7. The van der Waals surface area contributed by atoms with Crippen LogP contribution in [0.15, 0.2) is 133 Å². The van der Waals surface area contributed by atoms with Crippen LogP contribution in [0.25, 0.3) is 10.8 Å². The number of hydrogen-bond acceptors (Lipinski definition) is 13. The van der Waals surface area contributed by atoms with E-state index in [2.05, 4.69) is 12.7 Å². The quantitative estimate of drug-likeness (QED) is 0.0233. The topological polar surface area (TPSA) is 189 Å². The van der Waals surface area contributed by atoms with Gasteiger partial charge in [-0.2, -0.15) is 0 Å². The fourth-order valence-electron chi connectivity index (χ4n) is 10.5. The van der Waals surface area contributed by atoms with Crippen LogP contribution in [0.4, 0.5) is 10.5 Å². The van der Waals surface area contributed by atoms with E-state index in [1.165, 1.54) is 38.5 Å². The molecule has 5 aromatic rings. The first-order chi connectivity index (χ1) is 33.7. The molecule has 1 amide bonds. The van der Waals surface area contributed by atoms with Crippen molar-refractivity contribution >= 4 is 34.6 Å². The number of carbonyl (C=O) groups excluding carboxylic acids is 2. The van der Waals surface area contributed by atoms with Crippen molar-refractivity contribution in [3.63, 3.8) is 0 Å². The summed E-state index contributed by atoms with van der Waals surface area (Å²) >= 11 is 0. The molecule has 15 nitrogen and oxygen atoms in total. The molecule has 0 radical (unpaired) electrons. The number of non-ortho nitro benzene ring substituents is 1. The lowest BCUT2D eigenvalue weighted by Crippen LogP contribution is -2.70. The Labute approximate surface area is 400 Å². The van der Waals surface area contributed by atoms with Gasteiger partial charge < -0.3 is 38.7 Å². The Morgan fingerprint density at radius 2 is 1.65 bits per heavy atom. The molecule has 8 rings (SSSR count). The molecular formula is C54H57N3O12. The molecule has 360 valence electrons. The smallest absolute Gasteiger partial charge is 0.416 e. The van der Waals surface area contributed by atoms with Crippen LogP contribution in [0.3, 0.4) is 0 Å². The number of fused-ring (bicyclic) bond motifs is 3. The Hall–Kier alpha value is -7.07. The van der Waals surface area contributed by atoms with E-state index in [0.717, 1.165) is 40.3 Å². The molecule has 3 aliphatic rings. The van der Waals surface area contributed by atoms with Crippen molar-refractivity contribution in [3.8, 4) is 28.7 Å². The predicted molar refractivity (Wildman–Crippen MR) is 259 cm³/mol. The van der Waals surface area contributed by atoms with E-state index in [1.807, 2.05) is 54.6 Å². The molecule has 1 aliphatic heterocycles. The highest BCUT2D eigenvalue weighted by Gasteiger charge is 2.66. The molecule has 69 heavy (non-hydrogen) atoms. The summed E-state index contributed by atoms with van der Waals surface area (Å²) in [6.45, 7) is 4.18. The number of carbonyl (C=O) groups is 2. The number of ether oxygens (including phenoxy) is 5. The number of oxime groups is 1. The predicted octanol–water partition coefficient (Wildman–Crippen LogP) is 10.3. The maximum absolute atomic E-state index is 15.2. The molecule has 1 fully saturated rings. The zero-order valence-electron chi connectivity index (χ0n) is 38.7. The third kappa shape index (κ3) is 10.1. The van der Waals surface area contributed by atoms with Gasteiger partial charge in [0.05, 0.1) is 42.4 Å². The number of allylic oxidation sites excluding steroid dienone is 1. The second-order valence-electron chi connectivity index (χ2n) is 17.5. The molecule has 5 aromatic carbocycles. The van der Waals surface area contributed by atoms with E-state index in [4.69, 9.17) is 33.7 Å². The van der Waals surface area contributed by atoms with Crippen molar-refractivity contribution in [2.75, 3.05) is 34.0 Å². The lowest BCUT2D eigenvalue weighted by molar-refractivity contribution is -0.384. The van der Waals surface area contributed by atoms with Gasteiger partial charge in [0.25, 0.3) is 5.69 Å². The van der Waals surface area contributed by atoms with Crippen LogP contribution in [0.1, 0.15) is 72.3 Å². The molecule has 2 aliphatic carbocycles. The number of unbranched alkanes of at least 4 members (excludes halogenated alkanes) is 2. The molecule has 0 saturated heterocycles. The van der Waals surface area contributed by atoms with Crippen LogP contribution in [-0.2, 0) is 16.1 Å². The summed E-state index contributed by atoms with van der Waals surface area (Å²) in [5, 5.41) is 38.2. The molecule has 1 saturated carbocycles. The van der Waals surface area contributed by atoms with Crippen molar-refractivity contribution < 1.29 is 53.2 Å². The van der Waals surface area contributed by atoms with Gasteiger partial charge in [0.15, 0.2) is 6.29 Å². The minimum absolute atomic E-state index is 0.0200. The summed E-state index contributed by atoms with van der Waals surface area (Å²) in [5.74, 6) is -0.779. The van der Waals surface area contributed by atoms with Crippen LogP contribution in [-0.4, -0.2) is 84.0 Å². The summed E-state index contributed by atoms with van der Waals surface area (Å²) in [7, 11) is 2.98. The summed E-state index contributed by atoms with van der Waals surface area (Å²) in [5.41, 5.74) is 3.25. The third-order valence-electron chi connectivity index (χ3n) is 13.5. The maximum Gasteiger partial charge on any atom is 0.416 e. The number of aliphatic hydroxyl groups is 2. The van der Waals surface area contributed by atoms with Crippen molar-refractivity contribution in [1.29, 1.82) is 0 Å². The number of nitro groups is 1. The van der Waals surface area contributed by atoms with Gasteiger partial charge in [-0.3, -0.25) is 19.8 Å². The van der Waals surface area contributed by atoms with Crippen molar-refractivity contribution in [3.05, 3.63) is 154 Å². The average Bonchev–Trinajstić information content (AvgIpc) is 3.36. The maximum atomic E-state index is 15.2. The molecule has 0 aromatic heterocycles. The lowest BCUT2D eigenvalue weighted by Gasteiger charge is -2.59.